The zero-order chi connectivity index (χ0) is 33.5. The van der Waals surface area contributed by atoms with Crippen molar-refractivity contribution >= 4 is 45.3 Å². The Morgan fingerprint density at radius 1 is 0.540 bits per heavy atom. The number of ether oxygens (including phenoxy) is 6. The van der Waals surface area contributed by atoms with Gasteiger partial charge in [-0.3, -0.25) is 9.97 Å². The summed E-state index contributed by atoms with van der Waals surface area (Å²) >= 11 is 6.64. The van der Waals surface area contributed by atoms with Crippen molar-refractivity contribution in [2.24, 2.45) is 0 Å². The van der Waals surface area contributed by atoms with Crippen LogP contribution in [-0.2, 0) is 12.8 Å². The molecule has 8 rings (SSSR count). The maximum atomic E-state index is 6.22. The zero-order valence-corrected chi connectivity index (χ0v) is 30.7. The summed E-state index contributed by atoms with van der Waals surface area (Å²) in [5.41, 5.74) is 4.33. The molecule has 6 aromatic heterocycles. The molecule has 50 heavy (non-hydrogen) atoms. The fourth-order valence-electron chi connectivity index (χ4n) is 5.96. The molecule has 0 saturated carbocycles. The molecule has 12 heteroatoms. The van der Waals surface area contributed by atoms with Gasteiger partial charge in [0, 0.05) is 23.2 Å². The number of pyridine rings is 2. The maximum absolute atomic E-state index is 6.22. The van der Waals surface area contributed by atoms with Gasteiger partial charge in [-0.2, -0.15) is 0 Å². The molecular formula is C38H36N2O6S4. The molecule has 0 bridgehead atoms. The van der Waals surface area contributed by atoms with E-state index in [0.29, 0.717) is 39.6 Å². The van der Waals surface area contributed by atoms with Crippen molar-refractivity contribution in [3.8, 4) is 65.4 Å². The summed E-state index contributed by atoms with van der Waals surface area (Å²) in [6, 6.07) is 12.6. The van der Waals surface area contributed by atoms with E-state index in [1.54, 1.807) is 45.3 Å². The second-order valence-electron chi connectivity index (χ2n) is 11.8. The molecule has 0 N–H and O–H groups in total. The van der Waals surface area contributed by atoms with Gasteiger partial charge >= 0.3 is 0 Å². The Balaban J connectivity index is 0.789. The minimum atomic E-state index is 0.580. The average molecular weight is 745 g/mol. The van der Waals surface area contributed by atoms with Crippen LogP contribution in [0.25, 0.3) is 30.9 Å². The van der Waals surface area contributed by atoms with Crippen molar-refractivity contribution in [2.45, 2.75) is 38.5 Å². The Morgan fingerprint density at radius 3 is 1.52 bits per heavy atom. The predicted molar refractivity (Wildman–Crippen MR) is 202 cm³/mol. The Hall–Kier alpha value is -4.10. The number of nitrogens with zero attached hydrogens (tertiary/aromatic N) is 2. The van der Waals surface area contributed by atoms with Gasteiger partial charge in [-0.25, -0.2) is 0 Å². The second kappa shape index (κ2) is 15.8. The van der Waals surface area contributed by atoms with Crippen molar-refractivity contribution < 1.29 is 28.4 Å². The molecular weight excluding hydrogens is 709 g/mol. The van der Waals surface area contributed by atoms with Crippen LogP contribution in [0.4, 0.5) is 0 Å². The SMILES string of the molecule is c1cc(CCCCOc2ccsc2-c2scc3c2OCCO3)cc(-c2cc(CCCCOc3ccsc3-c3scc4c3OCCO4)ccn2)n1. The highest BCUT2D eigenvalue weighted by Crippen LogP contribution is 2.51. The Labute approximate surface area is 307 Å². The van der Waals surface area contributed by atoms with E-state index in [0.717, 1.165) is 104 Å². The smallest absolute Gasteiger partial charge is 0.180 e. The third-order valence-electron chi connectivity index (χ3n) is 8.42. The first kappa shape index (κ1) is 33.1. The summed E-state index contributed by atoms with van der Waals surface area (Å²) in [6.07, 6.45) is 9.66. The Kier molecular flexibility index (Phi) is 10.5. The van der Waals surface area contributed by atoms with Crippen LogP contribution in [-0.4, -0.2) is 49.6 Å². The van der Waals surface area contributed by atoms with Gasteiger partial charge in [0.05, 0.1) is 44.1 Å². The van der Waals surface area contributed by atoms with E-state index in [-0.39, 0.29) is 0 Å². The molecule has 0 amide bonds. The fraction of sp³-hybridized carbons (Fsp3) is 0.316. The molecule has 8 nitrogen and oxygen atoms in total. The van der Waals surface area contributed by atoms with Crippen LogP contribution in [0.5, 0.6) is 34.5 Å². The molecule has 8 heterocycles. The number of aryl methyl sites for hydroxylation is 2. The number of unbranched alkanes of at least 4 members (excludes halogenated alkanes) is 2. The molecule has 0 saturated heterocycles. The summed E-state index contributed by atoms with van der Waals surface area (Å²) < 4.78 is 35.7. The maximum Gasteiger partial charge on any atom is 0.180 e. The van der Waals surface area contributed by atoms with Crippen LogP contribution >= 0.6 is 45.3 Å². The molecule has 0 spiro atoms. The highest BCUT2D eigenvalue weighted by Gasteiger charge is 2.24. The Morgan fingerprint density at radius 2 is 1.02 bits per heavy atom. The third-order valence-corrected chi connectivity index (χ3v) is 12.4. The topological polar surface area (TPSA) is 81.2 Å². The van der Waals surface area contributed by atoms with Crippen LogP contribution in [0.15, 0.2) is 70.3 Å². The molecule has 0 atom stereocenters. The Bertz CT molecular complexity index is 1890. The summed E-state index contributed by atoms with van der Waals surface area (Å²) in [5, 5.41) is 8.18. The summed E-state index contributed by atoms with van der Waals surface area (Å²) in [6.45, 7) is 3.68. The van der Waals surface area contributed by atoms with E-state index in [2.05, 4.69) is 45.0 Å². The monoisotopic (exact) mass is 744 g/mol. The van der Waals surface area contributed by atoms with Gasteiger partial charge in [-0.05, 0) is 96.8 Å². The molecule has 0 radical (unpaired) electrons. The van der Waals surface area contributed by atoms with Crippen molar-refractivity contribution in [1.29, 1.82) is 0 Å². The lowest BCUT2D eigenvalue weighted by atomic mass is 10.1. The lowest BCUT2D eigenvalue weighted by molar-refractivity contribution is 0.174. The van der Waals surface area contributed by atoms with Crippen LogP contribution < -0.4 is 28.4 Å². The van der Waals surface area contributed by atoms with E-state index in [1.807, 2.05) is 35.3 Å². The lowest BCUT2D eigenvalue weighted by Crippen LogP contribution is -2.14. The fourth-order valence-corrected chi connectivity index (χ4v) is 9.83. The van der Waals surface area contributed by atoms with E-state index >= 15 is 0 Å². The molecule has 2 aliphatic heterocycles. The van der Waals surface area contributed by atoms with Crippen molar-refractivity contribution in [2.75, 3.05) is 39.6 Å². The summed E-state index contributed by atoms with van der Waals surface area (Å²) in [4.78, 5) is 13.7. The van der Waals surface area contributed by atoms with Gasteiger partial charge in [-0.1, -0.05) is 0 Å². The molecule has 0 fully saturated rings. The quantitative estimate of drug-likeness (QED) is 0.0962. The van der Waals surface area contributed by atoms with Gasteiger partial charge in [0.1, 0.15) is 37.9 Å². The van der Waals surface area contributed by atoms with Crippen LogP contribution in [0, 0.1) is 0 Å². The summed E-state index contributed by atoms with van der Waals surface area (Å²) in [5.74, 6) is 5.17. The lowest BCUT2D eigenvalue weighted by Gasteiger charge is -2.16. The first-order valence-electron chi connectivity index (χ1n) is 16.9. The van der Waals surface area contributed by atoms with Crippen LogP contribution in [0.2, 0.25) is 0 Å². The van der Waals surface area contributed by atoms with Gasteiger partial charge < -0.3 is 28.4 Å². The molecule has 258 valence electrons. The number of hydrogen-bond donors (Lipinski definition) is 0. The van der Waals surface area contributed by atoms with E-state index in [4.69, 9.17) is 28.4 Å². The van der Waals surface area contributed by atoms with Crippen LogP contribution in [0.3, 0.4) is 0 Å². The minimum Gasteiger partial charge on any atom is -0.492 e. The summed E-state index contributed by atoms with van der Waals surface area (Å²) in [7, 11) is 0. The number of fused-ring (bicyclic) bond motifs is 2. The molecule has 6 aromatic rings. The first-order valence-corrected chi connectivity index (χ1v) is 20.4. The average Bonchev–Trinajstić information content (AvgIpc) is 3.98. The number of thiophene rings is 4. The van der Waals surface area contributed by atoms with Gasteiger partial charge in [0.2, 0.25) is 0 Å². The van der Waals surface area contributed by atoms with E-state index in [9.17, 15) is 0 Å². The minimum absolute atomic E-state index is 0.580. The molecule has 0 aliphatic carbocycles. The normalized spacial score (nSPS) is 13.4. The highest BCUT2D eigenvalue weighted by molar-refractivity contribution is 7.21. The number of hydrogen-bond acceptors (Lipinski definition) is 12. The second-order valence-corrected chi connectivity index (χ2v) is 15.4. The molecule has 2 aliphatic rings. The van der Waals surface area contributed by atoms with E-state index in [1.165, 1.54) is 11.1 Å². The third kappa shape index (κ3) is 7.48. The largest absolute Gasteiger partial charge is 0.492 e. The number of aromatic nitrogens is 2. The van der Waals surface area contributed by atoms with Gasteiger partial charge in [0.15, 0.2) is 23.0 Å². The van der Waals surface area contributed by atoms with Gasteiger partial charge in [0.25, 0.3) is 0 Å². The van der Waals surface area contributed by atoms with Crippen LogP contribution in [0.1, 0.15) is 36.8 Å². The first-order chi connectivity index (χ1) is 24.8. The molecule has 0 aromatic carbocycles. The van der Waals surface area contributed by atoms with E-state index < -0.39 is 0 Å². The van der Waals surface area contributed by atoms with Crippen molar-refractivity contribution in [3.05, 3.63) is 81.4 Å². The predicted octanol–water partition coefficient (Wildman–Crippen LogP) is 10.1. The van der Waals surface area contributed by atoms with Gasteiger partial charge in [-0.15, -0.1) is 45.3 Å². The van der Waals surface area contributed by atoms with Crippen molar-refractivity contribution in [1.82, 2.24) is 9.97 Å². The zero-order valence-electron chi connectivity index (χ0n) is 27.4. The van der Waals surface area contributed by atoms with Crippen molar-refractivity contribution in [3.63, 3.8) is 0 Å². The standard InChI is InChI=1S/C38H36N2O6S4/c1(3-13-41-29-9-19-47-35(29)37-33-31(23-49-37)43-15-17-45-33)5-25-7-11-39-27(21-25)28-22-26(8-12-40-28)6-2-4-14-42-30-10-20-48-36(30)38-34-32(24-50-38)44-16-18-46-34/h7-12,19-24H,1-6,13-18H2. The number of rotatable bonds is 15. The molecule has 0 unspecified atom stereocenters. The highest BCUT2D eigenvalue weighted by atomic mass is 32.1.